The lowest BCUT2D eigenvalue weighted by molar-refractivity contribution is -0.00448. The summed E-state index contributed by atoms with van der Waals surface area (Å²) in [5.41, 5.74) is -0.0573. The minimum Gasteiger partial charge on any atom is -0.207 e. The minimum atomic E-state index is -2.48. The first-order valence-corrected chi connectivity index (χ1v) is 4.53. The minimum absolute atomic E-state index is 0.0469. The second-order valence-corrected chi connectivity index (χ2v) is 3.94. The van der Waals surface area contributed by atoms with E-state index in [1.165, 1.54) is 0 Å². The van der Waals surface area contributed by atoms with Crippen molar-refractivity contribution < 1.29 is 8.78 Å². The number of rotatable bonds is 3. The summed E-state index contributed by atoms with van der Waals surface area (Å²) in [5.74, 6) is -2.48. The molecule has 1 aliphatic rings. The molecule has 1 fully saturated rings. The van der Waals surface area contributed by atoms with Crippen LogP contribution in [-0.2, 0) is 0 Å². The van der Waals surface area contributed by atoms with Gasteiger partial charge in [-0.25, -0.2) is 8.78 Å². The number of halogens is 3. The predicted octanol–water partition coefficient (Wildman–Crippen LogP) is 3.21. The van der Waals surface area contributed by atoms with Crippen LogP contribution in [0.5, 0.6) is 0 Å². The van der Waals surface area contributed by atoms with Crippen molar-refractivity contribution >= 4 is 15.9 Å². The molecule has 0 aromatic heterocycles. The molecule has 0 radical (unpaired) electrons. The molecule has 3 heteroatoms. The fourth-order valence-corrected chi connectivity index (χ4v) is 1.95. The van der Waals surface area contributed by atoms with Gasteiger partial charge in [-0.15, -0.1) is 0 Å². The summed E-state index contributed by atoms with van der Waals surface area (Å²) in [7, 11) is 0. The van der Waals surface area contributed by atoms with Crippen molar-refractivity contribution in [2.75, 3.05) is 5.33 Å². The van der Waals surface area contributed by atoms with E-state index in [1.807, 2.05) is 0 Å². The summed E-state index contributed by atoms with van der Waals surface area (Å²) in [5, 5.41) is 0.726. The van der Waals surface area contributed by atoms with Crippen molar-refractivity contribution in [1.82, 2.24) is 0 Å². The second kappa shape index (κ2) is 2.43. The van der Waals surface area contributed by atoms with Crippen LogP contribution in [0.2, 0.25) is 0 Å². The van der Waals surface area contributed by atoms with Crippen molar-refractivity contribution in [3.05, 3.63) is 0 Å². The SMILES string of the molecule is CC(F)(F)CC1(CBr)CC1. The van der Waals surface area contributed by atoms with Crippen molar-refractivity contribution in [2.24, 2.45) is 5.41 Å². The molecule has 1 rings (SSSR count). The Kier molecular flexibility index (Phi) is 2.05. The highest BCUT2D eigenvalue weighted by atomic mass is 79.9. The Labute approximate surface area is 68.1 Å². The van der Waals surface area contributed by atoms with Gasteiger partial charge in [0.1, 0.15) is 0 Å². The Balaban J connectivity index is 2.38. The van der Waals surface area contributed by atoms with E-state index < -0.39 is 5.92 Å². The molecular formula is C7H11BrF2. The molecule has 60 valence electrons. The topological polar surface area (TPSA) is 0 Å². The molecule has 0 nitrogen and oxygen atoms in total. The first kappa shape index (κ1) is 8.44. The third kappa shape index (κ3) is 2.19. The van der Waals surface area contributed by atoms with Crippen molar-refractivity contribution in [1.29, 1.82) is 0 Å². The van der Waals surface area contributed by atoms with E-state index in [1.54, 1.807) is 0 Å². The van der Waals surface area contributed by atoms with Gasteiger partial charge in [-0.2, -0.15) is 0 Å². The van der Waals surface area contributed by atoms with Gasteiger partial charge in [-0.3, -0.25) is 0 Å². The summed E-state index contributed by atoms with van der Waals surface area (Å²) in [4.78, 5) is 0. The van der Waals surface area contributed by atoms with Crippen LogP contribution >= 0.6 is 15.9 Å². The molecule has 0 atom stereocenters. The maximum Gasteiger partial charge on any atom is 0.246 e. The summed E-state index contributed by atoms with van der Waals surface area (Å²) >= 11 is 3.25. The van der Waals surface area contributed by atoms with Gasteiger partial charge in [0.2, 0.25) is 5.92 Å². The number of hydrogen-bond donors (Lipinski definition) is 0. The Bertz CT molecular complexity index is 124. The molecule has 10 heavy (non-hydrogen) atoms. The van der Waals surface area contributed by atoms with E-state index in [0.29, 0.717) is 0 Å². The lowest BCUT2D eigenvalue weighted by atomic mass is 10.0. The van der Waals surface area contributed by atoms with Gasteiger partial charge >= 0.3 is 0 Å². The average molecular weight is 213 g/mol. The highest BCUT2D eigenvalue weighted by Gasteiger charge is 2.47. The van der Waals surface area contributed by atoms with Gasteiger partial charge in [-0.05, 0) is 25.2 Å². The zero-order valence-electron chi connectivity index (χ0n) is 5.96. The van der Waals surface area contributed by atoms with Crippen LogP contribution < -0.4 is 0 Å². The summed E-state index contributed by atoms with van der Waals surface area (Å²) in [6.45, 7) is 0.996. The Morgan fingerprint density at radius 3 is 2.10 bits per heavy atom. The van der Waals surface area contributed by atoms with Crippen LogP contribution in [0.4, 0.5) is 8.78 Å². The van der Waals surface area contributed by atoms with Gasteiger partial charge in [0, 0.05) is 11.8 Å². The largest absolute Gasteiger partial charge is 0.246 e. The molecule has 0 unspecified atom stereocenters. The molecule has 0 saturated heterocycles. The van der Waals surface area contributed by atoms with Crippen LogP contribution in [0.15, 0.2) is 0 Å². The number of alkyl halides is 3. The fraction of sp³-hybridized carbons (Fsp3) is 1.00. The molecule has 1 aliphatic carbocycles. The maximum absolute atomic E-state index is 12.4. The van der Waals surface area contributed by atoms with Gasteiger partial charge in [-0.1, -0.05) is 15.9 Å². The Hall–Kier alpha value is 0.340. The molecule has 0 aliphatic heterocycles. The molecular weight excluding hydrogens is 202 g/mol. The Morgan fingerprint density at radius 2 is 2.00 bits per heavy atom. The first-order valence-electron chi connectivity index (χ1n) is 3.41. The smallest absolute Gasteiger partial charge is 0.207 e. The molecule has 0 aromatic carbocycles. The quantitative estimate of drug-likeness (QED) is 0.631. The predicted molar refractivity (Wildman–Crippen MR) is 40.7 cm³/mol. The highest BCUT2D eigenvalue weighted by Crippen LogP contribution is 2.53. The van der Waals surface area contributed by atoms with Gasteiger partial charge in [0.05, 0.1) is 0 Å². The molecule has 1 saturated carbocycles. The molecule has 0 amide bonds. The van der Waals surface area contributed by atoms with Crippen molar-refractivity contribution in [3.8, 4) is 0 Å². The van der Waals surface area contributed by atoms with Crippen molar-refractivity contribution in [3.63, 3.8) is 0 Å². The molecule has 0 bridgehead atoms. The molecule has 0 heterocycles. The van der Waals surface area contributed by atoms with E-state index in [-0.39, 0.29) is 11.8 Å². The normalized spacial score (nSPS) is 22.8. The van der Waals surface area contributed by atoms with Gasteiger partial charge in [0.15, 0.2) is 0 Å². The van der Waals surface area contributed by atoms with Gasteiger partial charge < -0.3 is 0 Å². The zero-order chi connectivity index (χ0) is 7.83. The average Bonchev–Trinajstić information content (AvgIpc) is 2.45. The second-order valence-electron chi connectivity index (χ2n) is 3.38. The number of hydrogen-bond acceptors (Lipinski definition) is 0. The lowest BCUT2D eigenvalue weighted by Crippen LogP contribution is -2.18. The lowest BCUT2D eigenvalue weighted by Gasteiger charge is -2.16. The summed E-state index contributed by atoms with van der Waals surface area (Å²) in [6, 6.07) is 0. The third-order valence-electron chi connectivity index (χ3n) is 1.93. The molecule has 0 N–H and O–H groups in total. The van der Waals surface area contributed by atoms with Crippen LogP contribution in [0.3, 0.4) is 0 Å². The van der Waals surface area contributed by atoms with Crippen molar-refractivity contribution in [2.45, 2.75) is 32.1 Å². The monoisotopic (exact) mass is 212 g/mol. The summed E-state index contributed by atoms with van der Waals surface area (Å²) < 4.78 is 24.8. The van der Waals surface area contributed by atoms with E-state index in [9.17, 15) is 8.78 Å². The van der Waals surface area contributed by atoms with Crippen LogP contribution in [-0.4, -0.2) is 11.3 Å². The first-order chi connectivity index (χ1) is 4.47. The van der Waals surface area contributed by atoms with E-state index in [4.69, 9.17) is 0 Å². The van der Waals surface area contributed by atoms with Crippen LogP contribution in [0.25, 0.3) is 0 Å². The Morgan fingerprint density at radius 1 is 1.50 bits per heavy atom. The zero-order valence-corrected chi connectivity index (χ0v) is 7.55. The molecule has 0 aromatic rings. The fourth-order valence-electron chi connectivity index (χ4n) is 1.19. The standard InChI is InChI=1S/C7H11BrF2/c1-6(9,10)4-7(5-8)2-3-7/h2-5H2,1H3. The van der Waals surface area contributed by atoms with E-state index in [2.05, 4.69) is 15.9 Å². The maximum atomic E-state index is 12.4. The highest BCUT2D eigenvalue weighted by molar-refractivity contribution is 9.09. The molecule has 0 spiro atoms. The van der Waals surface area contributed by atoms with Crippen LogP contribution in [0, 0.1) is 5.41 Å². The van der Waals surface area contributed by atoms with Gasteiger partial charge in [0.25, 0.3) is 0 Å². The van der Waals surface area contributed by atoms with Crippen LogP contribution in [0.1, 0.15) is 26.2 Å². The van der Waals surface area contributed by atoms with E-state index >= 15 is 0 Å². The third-order valence-corrected chi connectivity index (χ3v) is 3.12. The van der Waals surface area contributed by atoms with E-state index in [0.717, 1.165) is 25.1 Å². The summed E-state index contributed by atoms with van der Waals surface area (Å²) in [6.07, 6.45) is 1.97.